The molecular formula is C14H25N3O2. The lowest BCUT2D eigenvalue weighted by molar-refractivity contribution is -0.0263. The van der Waals surface area contributed by atoms with E-state index in [1.807, 2.05) is 11.6 Å². The van der Waals surface area contributed by atoms with E-state index in [9.17, 15) is 5.11 Å². The van der Waals surface area contributed by atoms with Crippen LogP contribution in [-0.2, 0) is 24.2 Å². The Bertz CT molecular complexity index is 419. The predicted octanol–water partition coefficient (Wildman–Crippen LogP) is 1.09. The molecule has 108 valence electrons. The molecule has 1 aliphatic heterocycles. The highest BCUT2D eigenvalue weighted by Gasteiger charge is 2.38. The summed E-state index contributed by atoms with van der Waals surface area (Å²) in [4.78, 5) is 0. The minimum atomic E-state index is -0.731. The van der Waals surface area contributed by atoms with Gasteiger partial charge in [0.05, 0.1) is 17.5 Å². The van der Waals surface area contributed by atoms with Crippen LogP contribution in [-0.4, -0.2) is 39.7 Å². The van der Waals surface area contributed by atoms with E-state index < -0.39 is 5.60 Å². The lowest BCUT2D eigenvalue weighted by atomic mass is 9.97. The molecule has 2 atom stereocenters. The van der Waals surface area contributed by atoms with Crippen LogP contribution in [0.15, 0.2) is 6.07 Å². The van der Waals surface area contributed by atoms with Gasteiger partial charge in [0.25, 0.3) is 0 Å². The molecule has 0 aromatic carbocycles. The first-order valence-corrected chi connectivity index (χ1v) is 7.19. The van der Waals surface area contributed by atoms with Crippen LogP contribution in [0.3, 0.4) is 0 Å². The number of rotatable bonds is 6. The van der Waals surface area contributed by atoms with Crippen molar-refractivity contribution in [2.24, 2.45) is 0 Å². The molecule has 1 saturated heterocycles. The minimum Gasteiger partial charge on any atom is -0.386 e. The second kappa shape index (κ2) is 6.03. The summed E-state index contributed by atoms with van der Waals surface area (Å²) in [6.45, 7) is 8.95. The Balaban J connectivity index is 1.90. The third-order valence-corrected chi connectivity index (χ3v) is 3.97. The van der Waals surface area contributed by atoms with Gasteiger partial charge in [-0.1, -0.05) is 6.92 Å². The molecule has 19 heavy (non-hydrogen) atoms. The fourth-order valence-electron chi connectivity index (χ4n) is 2.51. The van der Waals surface area contributed by atoms with Crippen LogP contribution in [0.25, 0.3) is 0 Å². The Labute approximate surface area is 115 Å². The van der Waals surface area contributed by atoms with E-state index in [0.29, 0.717) is 19.6 Å². The zero-order valence-electron chi connectivity index (χ0n) is 12.1. The molecule has 0 amide bonds. The highest BCUT2D eigenvalue weighted by Crippen LogP contribution is 2.24. The molecular weight excluding hydrogens is 242 g/mol. The van der Waals surface area contributed by atoms with Crippen LogP contribution in [0.2, 0.25) is 0 Å². The second-order valence-electron chi connectivity index (χ2n) is 5.27. The number of aliphatic hydroxyl groups is 1. The topological polar surface area (TPSA) is 59.3 Å². The lowest BCUT2D eigenvalue weighted by Gasteiger charge is -2.26. The Morgan fingerprint density at radius 1 is 1.58 bits per heavy atom. The van der Waals surface area contributed by atoms with Crippen LogP contribution in [0.5, 0.6) is 0 Å². The summed E-state index contributed by atoms with van der Waals surface area (Å²) in [6.07, 6.45) is 1.56. The number of aromatic nitrogens is 2. The van der Waals surface area contributed by atoms with Gasteiger partial charge >= 0.3 is 0 Å². The van der Waals surface area contributed by atoms with Gasteiger partial charge in [0, 0.05) is 32.7 Å². The van der Waals surface area contributed by atoms with Crippen molar-refractivity contribution in [2.75, 3.05) is 13.2 Å². The van der Waals surface area contributed by atoms with Crippen LogP contribution in [0.1, 0.15) is 38.6 Å². The third-order valence-electron chi connectivity index (χ3n) is 3.97. The SMILES string of the molecule is CCc1cc(CNCC2(O)CCOC2C)n(CC)n1. The van der Waals surface area contributed by atoms with Gasteiger partial charge in [-0.15, -0.1) is 0 Å². The first-order valence-electron chi connectivity index (χ1n) is 7.19. The molecule has 2 heterocycles. The molecule has 1 fully saturated rings. The standard InChI is InChI=1S/C14H25N3O2/c1-4-12-8-13(17(5-2)16-12)9-15-10-14(18)6-7-19-11(14)3/h8,11,15,18H,4-7,9-10H2,1-3H3. The van der Waals surface area contributed by atoms with Gasteiger partial charge in [-0.05, 0) is 26.3 Å². The van der Waals surface area contributed by atoms with E-state index in [-0.39, 0.29) is 6.10 Å². The number of nitrogens with zero attached hydrogens (tertiary/aromatic N) is 2. The number of aryl methyl sites for hydroxylation is 2. The minimum absolute atomic E-state index is 0.0951. The monoisotopic (exact) mass is 267 g/mol. The van der Waals surface area contributed by atoms with E-state index in [2.05, 4.69) is 30.3 Å². The highest BCUT2D eigenvalue weighted by atomic mass is 16.5. The summed E-state index contributed by atoms with van der Waals surface area (Å²) in [7, 11) is 0. The highest BCUT2D eigenvalue weighted by molar-refractivity contribution is 5.10. The summed E-state index contributed by atoms with van der Waals surface area (Å²) in [5.41, 5.74) is 1.56. The second-order valence-corrected chi connectivity index (χ2v) is 5.27. The van der Waals surface area contributed by atoms with Gasteiger partial charge in [-0.3, -0.25) is 4.68 Å². The molecule has 1 aromatic rings. The third kappa shape index (κ3) is 3.16. The molecule has 5 nitrogen and oxygen atoms in total. The molecule has 1 aromatic heterocycles. The van der Waals surface area contributed by atoms with Crippen LogP contribution < -0.4 is 5.32 Å². The Morgan fingerprint density at radius 3 is 2.95 bits per heavy atom. The van der Waals surface area contributed by atoms with Crippen molar-refractivity contribution in [1.82, 2.24) is 15.1 Å². The van der Waals surface area contributed by atoms with Crippen LogP contribution in [0.4, 0.5) is 0 Å². The molecule has 2 rings (SSSR count). The Morgan fingerprint density at radius 2 is 2.37 bits per heavy atom. The van der Waals surface area contributed by atoms with Gasteiger partial charge in [-0.25, -0.2) is 0 Å². The van der Waals surface area contributed by atoms with Crippen LogP contribution >= 0.6 is 0 Å². The van der Waals surface area contributed by atoms with Gasteiger partial charge in [0.15, 0.2) is 0 Å². The summed E-state index contributed by atoms with van der Waals surface area (Å²) >= 11 is 0. The maximum absolute atomic E-state index is 10.4. The van der Waals surface area contributed by atoms with Crippen LogP contribution in [0, 0.1) is 0 Å². The van der Waals surface area contributed by atoms with Gasteiger partial charge in [-0.2, -0.15) is 5.10 Å². The fraction of sp³-hybridized carbons (Fsp3) is 0.786. The van der Waals surface area contributed by atoms with E-state index >= 15 is 0 Å². The quantitative estimate of drug-likeness (QED) is 0.810. The molecule has 2 unspecified atom stereocenters. The summed E-state index contributed by atoms with van der Waals surface area (Å²) in [5, 5.41) is 18.3. The number of nitrogens with one attached hydrogen (secondary N) is 1. The molecule has 0 spiro atoms. The van der Waals surface area contributed by atoms with Crippen molar-refractivity contribution >= 4 is 0 Å². The largest absolute Gasteiger partial charge is 0.386 e. The van der Waals surface area contributed by atoms with Gasteiger partial charge in [0.2, 0.25) is 0 Å². The summed E-state index contributed by atoms with van der Waals surface area (Å²) < 4.78 is 7.45. The molecule has 0 aliphatic carbocycles. The zero-order valence-corrected chi connectivity index (χ0v) is 12.1. The average molecular weight is 267 g/mol. The van der Waals surface area contributed by atoms with Crippen molar-refractivity contribution < 1.29 is 9.84 Å². The van der Waals surface area contributed by atoms with Gasteiger partial charge < -0.3 is 15.2 Å². The molecule has 0 radical (unpaired) electrons. The number of ether oxygens (including phenoxy) is 1. The summed E-state index contributed by atoms with van der Waals surface area (Å²) in [6, 6.07) is 2.13. The fourth-order valence-corrected chi connectivity index (χ4v) is 2.51. The van der Waals surface area contributed by atoms with Crippen molar-refractivity contribution in [1.29, 1.82) is 0 Å². The molecule has 2 N–H and O–H groups in total. The maximum atomic E-state index is 10.4. The zero-order chi connectivity index (χ0) is 13.9. The molecule has 1 aliphatic rings. The predicted molar refractivity (Wildman–Crippen MR) is 74.0 cm³/mol. The number of hydrogen-bond acceptors (Lipinski definition) is 4. The van der Waals surface area contributed by atoms with Crippen molar-refractivity contribution in [2.45, 2.75) is 58.4 Å². The summed E-state index contributed by atoms with van der Waals surface area (Å²) in [5.74, 6) is 0. The van der Waals surface area contributed by atoms with E-state index in [1.54, 1.807) is 0 Å². The smallest absolute Gasteiger partial charge is 0.105 e. The van der Waals surface area contributed by atoms with E-state index in [4.69, 9.17) is 4.74 Å². The van der Waals surface area contributed by atoms with Crippen molar-refractivity contribution in [3.63, 3.8) is 0 Å². The van der Waals surface area contributed by atoms with Crippen molar-refractivity contribution in [3.05, 3.63) is 17.5 Å². The molecule has 0 saturated carbocycles. The first kappa shape index (κ1) is 14.5. The van der Waals surface area contributed by atoms with Gasteiger partial charge in [0.1, 0.15) is 5.60 Å². The molecule has 5 heteroatoms. The Kier molecular flexibility index (Phi) is 4.60. The molecule has 0 bridgehead atoms. The number of hydrogen-bond donors (Lipinski definition) is 2. The van der Waals surface area contributed by atoms with E-state index in [1.165, 1.54) is 5.69 Å². The van der Waals surface area contributed by atoms with E-state index in [0.717, 1.165) is 25.2 Å². The average Bonchev–Trinajstić information content (AvgIpc) is 2.94. The normalized spacial score (nSPS) is 27.1. The lowest BCUT2D eigenvalue weighted by Crippen LogP contribution is -2.45. The first-order chi connectivity index (χ1) is 9.09. The Hall–Kier alpha value is -0.910. The maximum Gasteiger partial charge on any atom is 0.105 e. The van der Waals surface area contributed by atoms with Crippen molar-refractivity contribution in [3.8, 4) is 0 Å².